The highest BCUT2D eigenvalue weighted by molar-refractivity contribution is 7.86. The first-order valence-electron chi connectivity index (χ1n) is 39.7. The first-order chi connectivity index (χ1) is 57.1. The van der Waals surface area contributed by atoms with E-state index < -0.39 is 172 Å². The number of amides is 8. The molecular formula is C81H100N12O25S3. The van der Waals surface area contributed by atoms with Crippen LogP contribution >= 0.6 is 11.3 Å². The molecule has 4 aliphatic carbocycles. The van der Waals surface area contributed by atoms with E-state index in [-0.39, 0.29) is 84.8 Å². The summed E-state index contributed by atoms with van der Waals surface area (Å²) in [5.41, 5.74) is 3.66. The van der Waals surface area contributed by atoms with Gasteiger partial charge in [0.2, 0.25) is 23.6 Å². The Morgan fingerprint density at radius 3 is 2.13 bits per heavy atom. The van der Waals surface area contributed by atoms with E-state index >= 15 is 0 Å². The molecule has 0 radical (unpaired) electrons. The molecule has 13 rings (SSSR count). The Kier molecular flexibility index (Phi) is 27.4. The molecule has 652 valence electrons. The van der Waals surface area contributed by atoms with Crippen LogP contribution < -0.4 is 26.2 Å². The van der Waals surface area contributed by atoms with Gasteiger partial charge in [-0.3, -0.25) is 57.6 Å². The number of hydrogen-bond acceptors (Lipinski definition) is 26. The number of aromatic carboxylic acids is 1. The van der Waals surface area contributed by atoms with E-state index in [0.29, 0.717) is 83.4 Å². The minimum absolute atomic E-state index is 0.0917. The summed E-state index contributed by atoms with van der Waals surface area (Å²) in [5, 5.41) is 69.1. The van der Waals surface area contributed by atoms with Crippen LogP contribution in [0.3, 0.4) is 0 Å². The Morgan fingerprint density at radius 2 is 1.45 bits per heavy atom. The molecule has 40 heteroatoms. The van der Waals surface area contributed by atoms with Crippen LogP contribution in [0.15, 0.2) is 91.1 Å². The summed E-state index contributed by atoms with van der Waals surface area (Å²) < 4.78 is 92.8. The van der Waals surface area contributed by atoms with E-state index in [4.69, 9.17) is 33.6 Å². The molecule has 5 fully saturated rings. The first-order valence-corrected chi connectivity index (χ1v) is 43.7. The highest BCUT2D eigenvalue weighted by Gasteiger charge is 2.66. The second kappa shape index (κ2) is 36.8. The van der Waals surface area contributed by atoms with Crippen molar-refractivity contribution in [1.29, 1.82) is 0 Å². The summed E-state index contributed by atoms with van der Waals surface area (Å²) in [7, 11) is -9.05. The van der Waals surface area contributed by atoms with Crippen molar-refractivity contribution in [3.63, 3.8) is 0 Å². The van der Waals surface area contributed by atoms with Gasteiger partial charge in [-0.25, -0.2) is 24.4 Å². The Hall–Kier alpha value is -10.3. The van der Waals surface area contributed by atoms with Gasteiger partial charge in [-0.15, -0.1) is 0 Å². The van der Waals surface area contributed by atoms with Crippen LogP contribution in [0.1, 0.15) is 135 Å². The second-order valence-electron chi connectivity index (χ2n) is 33.3. The quantitative estimate of drug-likeness (QED) is 0.0145. The number of pyridine rings is 1. The summed E-state index contributed by atoms with van der Waals surface area (Å²) in [4.78, 5) is 147. The Bertz CT molecular complexity index is 5200. The van der Waals surface area contributed by atoms with Gasteiger partial charge in [0.05, 0.1) is 59.4 Å². The molecule has 11 N–H and O–H groups in total. The van der Waals surface area contributed by atoms with Crippen molar-refractivity contribution in [1.82, 2.24) is 45.1 Å². The molecular weight excluding hydrogens is 1640 g/mol. The number of rotatable bonds is 37. The molecule has 3 aliphatic heterocycles. The van der Waals surface area contributed by atoms with Crippen LogP contribution in [0.5, 0.6) is 0 Å². The summed E-state index contributed by atoms with van der Waals surface area (Å²) in [5.74, 6) is -9.61. The minimum Gasteiger partial charge on any atom is -0.479 e. The number of nitrogens with one attached hydrogen (secondary N) is 4. The van der Waals surface area contributed by atoms with Gasteiger partial charge in [-0.05, 0) is 159 Å². The van der Waals surface area contributed by atoms with Gasteiger partial charge in [0.15, 0.2) is 16.9 Å². The van der Waals surface area contributed by atoms with Crippen LogP contribution in [0.25, 0.3) is 21.3 Å². The molecule has 121 heavy (non-hydrogen) atoms. The van der Waals surface area contributed by atoms with E-state index in [1.807, 2.05) is 52.9 Å². The lowest BCUT2D eigenvalue weighted by Crippen LogP contribution is -2.64. The number of carbonyl (C=O) groups is 10. The number of aliphatic hydroxyl groups excluding tert-OH is 3. The van der Waals surface area contributed by atoms with Crippen LogP contribution in [0.4, 0.5) is 21.4 Å². The lowest BCUT2D eigenvalue weighted by molar-refractivity contribution is -0.248. The lowest BCUT2D eigenvalue weighted by atomic mass is 9.39. The zero-order valence-corrected chi connectivity index (χ0v) is 70.0. The number of carboxylic acid groups (broad SMARTS) is 2. The van der Waals surface area contributed by atoms with Crippen LogP contribution in [-0.2, 0) is 105 Å². The number of aliphatic hydroxyl groups is 3. The number of anilines is 3. The van der Waals surface area contributed by atoms with Crippen LogP contribution in [-0.4, -0.2) is 264 Å². The van der Waals surface area contributed by atoms with Crippen molar-refractivity contribution < 1.29 is 118 Å². The van der Waals surface area contributed by atoms with Gasteiger partial charge in [0.1, 0.15) is 49.4 Å². The maximum atomic E-state index is 14.4. The fraction of sp³-hybridized carbons (Fsp3) is 0.519. The molecule has 37 nitrogen and oxygen atoms in total. The molecule has 6 heterocycles. The Labute approximate surface area is 701 Å². The van der Waals surface area contributed by atoms with Gasteiger partial charge in [0.25, 0.3) is 38.0 Å². The molecule has 9 atom stereocenters. The topological polar surface area (TPSA) is 522 Å². The fourth-order valence-corrected chi connectivity index (χ4v) is 20.2. The van der Waals surface area contributed by atoms with E-state index in [1.54, 1.807) is 38.2 Å². The summed E-state index contributed by atoms with van der Waals surface area (Å²) in [6, 6.07) is 18.5. The smallest absolute Gasteiger partial charge is 0.410 e. The van der Waals surface area contributed by atoms with E-state index in [9.17, 15) is 94.9 Å². The molecule has 8 amide bonds. The van der Waals surface area contributed by atoms with Crippen molar-refractivity contribution in [2.24, 2.45) is 22.2 Å². The third kappa shape index (κ3) is 21.8. The molecule has 2 unspecified atom stereocenters. The number of carboxylic acids is 2. The molecule has 3 aromatic carbocycles. The molecule has 0 spiro atoms. The molecule has 6 aromatic rings. The van der Waals surface area contributed by atoms with Gasteiger partial charge in [0, 0.05) is 92.5 Å². The standard InChI is InChI=1S/C81H100N12O25S3/c1-46(2)65(87-61(94)23-25-89(26-29-115-31-33-121(112,113)114)64(97)37-92-62(95)20-21-63(92)96)73(103)83-47(3)71(101)84-52-16-14-51(50(34-52)15-18-58-67(98)68(99)69(100)70(118-58)75(106)107)38-116-77(108)90(28-32-120(109,110)111)27-30-117-81-42-78(5)39-79(6,43-81)41-80(40-78,44-81)45-93-48(4)55(35-82-93)53-17-19-60(86-66(53)74(104)105)91-24-22-49-10-9-11-54(56(49)36-91)72(102)88-76-85-57-12-7-8-13-59(57)119-76/h7-14,16-17,19-21,34-35,46-47,58,65,67-70,98-100H,15,18,22-33,36-45H2,1-6H3,(H,83,103)(H,84,101)(H,87,94)(H,104,105)(H,106,107)(H,85,88,102)(H,109,110,111)(H,112,113,114)/t47-,58-,65-,67-,68+,69-,70-,78?,79?,80?,81?/m0/s1. The largest absolute Gasteiger partial charge is 0.479 e. The zero-order valence-electron chi connectivity index (χ0n) is 67.5. The SMILES string of the molecule is Cc1c(-c2ccc(N3CCc4cccc(C(=O)Nc5nc6ccccc6s5)c4C3)nc2C(=O)O)cnn1CC12CC3(C)CC(C)(C1)CC(OCCN(CCS(=O)(=O)O)C(=O)OCc1ccc(NC(=O)[C@H](C)NC(=O)[C@@H](NC(=O)CCN(CCOCCS(=O)(=O)O)C(=O)CN4C(=O)C=CC4=O)C(C)C)cc1CC[C@@H]1O[C@H](C(=O)O)[C@@H](O)[C@H](O)[C@H]1O)(C3)C2. The average Bonchev–Trinajstić information content (AvgIpc) is 1.15. The third-order valence-corrected chi connectivity index (χ3v) is 25.6. The van der Waals surface area contributed by atoms with Crippen molar-refractivity contribution in [2.75, 3.05) is 86.1 Å². The number of thiazole rings is 1. The Morgan fingerprint density at radius 1 is 0.736 bits per heavy atom. The molecule has 3 aromatic heterocycles. The number of imide groups is 1. The monoisotopic (exact) mass is 1740 g/mol. The second-order valence-corrected chi connectivity index (χ2v) is 37.5. The number of fused-ring (bicyclic) bond motifs is 2. The number of hydrogen-bond donors (Lipinski definition) is 11. The van der Waals surface area contributed by atoms with Gasteiger partial charge in [-0.1, -0.05) is 69.4 Å². The minimum atomic E-state index is -4.67. The summed E-state index contributed by atoms with van der Waals surface area (Å²) in [6.07, 6.45) is -2.28. The fourth-order valence-electron chi connectivity index (χ4n) is 18.6. The number of carbonyl (C=O) groups excluding carboxylic acids is 8. The Balaban J connectivity index is 0.697. The number of nitrogens with zero attached hydrogens (tertiary/aromatic N) is 8. The predicted octanol–water partition coefficient (Wildman–Crippen LogP) is 4.54. The van der Waals surface area contributed by atoms with Crippen molar-refractivity contribution in [3.8, 4) is 11.1 Å². The van der Waals surface area contributed by atoms with Gasteiger partial charge < -0.3 is 75.1 Å². The number of benzene rings is 3. The maximum Gasteiger partial charge on any atom is 0.410 e. The van der Waals surface area contributed by atoms with Crippen molar-refractivity contribution in [2.45, 2.75) is 174 Å². The first kappa shape index (κ1) is 90.0. The van der Waals surface area contributed by atoms with Gasteiger partial charge >= 0.3 is 18.0 Å². The highest BCUT2D eigenvalue weighted by atomic mass is 32.2. The zero-order chi connectivity index (χ0) is 87.4. The molecule has 1 saturated heterocycles. The molecule has 7 aliphatic rings. The number of para-hydroxylation sites is 1. The maximum absolute atomic E-state index is 14.4. The van der Waals surface area contributed by atoms with Gasteiger partial charge in [-0.2, -0.15) is 21.9 Å². The molecule has 4 saturated carbocycles. The predicted molar refractivity (Wildman–Crippen MR) is 436 cm³/mol. The number of ether oxygens (including phenoxy) is 4. The number of aromatic nitrogens is 4. The van der Waals surface area contributed by atoms with E-state index in [1.165, 1.54) is 36.5 Å². The average molecular weight is 1740 g/mol. The lowest BCUT2D eigenvalue weighted by Gasteiger charge is -2.69. The van der Waals surface area contributed by atoms with E-state index in [2.05, 4.69) is 40.1 Å². The molecule has 4 bridgehead atoms. The van der Waals surface area contributed by atoms with Crippen molar-refractivity contribution >= 4 is 118 Å². The normalized spacial score (nSPS) is 23.6. The summed E-state index contributed by atoms with van der Waals surface area (Å²) >= 11 is 1.38. The highest BCUT2D eigenvalue weighted by Crippen LogP contribution is 2.72. The third-order valence-electron chi connectivity index (χ3n) is 23.3. The van der Waals surface area contributed by atoms with Crippen molar-refractivity contribution in [3.05, 3.63) is 130 Å². The number of aliphatic carboxylic acids is 1. The van der Waals surface area contributed by atoms with Crippen LogP contribution in [0, 0.1) is 29.1 Å². The summed E-state index contributed by atoms with van der Waals surface area (Å²) in [6.45, 7) is 8.80. The number of aryl methyl sites for hydroxylation is 1. The van der Waals surface area contributed by atoms with Crippen LogP contribution in [0.2, 0.25) is 0 Å². The van der Waals surface area contributed by atoms with E-state index in [0.717, 1.165) is 68.3 Å².